The van der Waals surface area contributed by atoms with Gasteiger partial charge in [0, 0.05) is 5.41 Å². The zero-order valence-corrected chi connectivity index (χ0v) is 13.4. The summed E-state index contributed by atoms with van der Waals surface area (Å²) in [6, 6.07) is 17.8. The Kier molecular flexibility index (Phi) is 5.79. The molecule has 0 N–H and O–H groups in total. The average Bonchev–Trinajstić information content (AvgIpc) is 2.56. The Morgan fingerprint density at radius 3 is 2.45 bits per heavy atom. The van der Waals surface area contributed by atoms with Crippen molar-refractivity contribution < 1.29 is 9.47 Å². The van der Waals surface area contributed by atoms with Gasteiger partial charge in [-0.3, -0.25) is 0 Å². The van der Waals surface area contributed by atoms with E-state index >= 15 is 0 Å². The Hall–Kier alpha value is -2.06. The smallest absolute Gasteiger partial charge is 0.127 e. The molecule has 0 spiro atoms. The molecule has 0 saturated heterocycles. The van der Waals surface area contributed by atoms with Crippen molar-refractivity contribution in [2.75, 3.05) is 6.61 Å². The molecule has 0 heterocycles. The van der Waals surface area contributed by atoms with Crippen molar-refractivity contribution in [3.8, 4) is 11.5 Å². The fourth-order valence-corrected chi connectivity index (χ4v) is 2.03. The van der Waals surface area contributed by atoms with Gasteiger partial charge in [0.05, 0.1) is 13.2 Å². The van der Waals surface area contributed by atoms with Crippen molar-refractivity contribution >= 4 is 0 Å². The molecule has 0 aliphatic rings. The lowest BCUT2D eigenvalue weighted by atomic mass is 9.89. The van der Waals surface area contributed by atoms with E-state index in [1.807, 2.05) is 54.6 Å². The SMILES string of the molecule is C=CC(C)(CC)COCc1cccc(Oc2ccccc2)c1. The Morgan fingerprint density at radius 2 is 1.77 bits per heavy atom. The third kappa shape index (κ3) is 4.74. The zero-order valence-electron chi connectivity index (χ0n) is 13.4. The monoisotopic (exact) mass is 296 g/mol. The van der Waals surface area contributed by atoms with E-state index in [0.717, 1.165) is 23.5 Å². The van der Waals surface area contributed by atoms with E-state index in [1.54, 1.807) is 0 Å². The topological polar surface area (TPSA) is 18.5 Å². The highest BCUT2D eigenvalue weighted by Crippen LogP contribution is 2.24. The van der Waals surface area contributed by atoms with Crippen LogP contribution >= 0.6 is 0 Å². The molecule has 0 radical (unpaired) electrons. The molecule has 0 aliphatic carbocycles. The molecule has 0 aliphatic heterocycles. The minimum Gasteiger partial charge on any atom is -0.457 e. The second kappa shape index (κ2) is 7.81. The molecule has 0 fully saturated rings. The normalized spacial score (nSPS) is 13.4. The first-order chi connectivity index (χ1) is 10.6. The number of hydrogen-bond acceptors (Lipinski definition) is 2. The van der Waals surface area contributed by atoms with Crippen LogP contribution in [-0.2, 0) is 11.3 Å². The van der Waals surface area contributed by atoms with Crippen molar-refractivity contribution in [3.05, 3.63) is 72.8 Å². The summed E-state index contributed by atoms with van der Waals surface area (Å²) in [6.45, 7) is 9.46. The van der Waals surface area contributed by atoms with Gasteiger partial charge in [-0.15, -0.1) is 6.58 Å². The zero-order chi connectivity index (χ0) is 15.8. The Balaban J connectivity index is 1.93. The van der Waals surface area contributed by atoms with Crippen molar-refractivity contribution in [2.24, 2.45) is 5.41 Å². The van der Waals surface area contributed by atoms with Crippen LogP contribution < -0.4 is 4.74 Å². The van der Waals surface area contributed by atoms with Crippen LogP contribution in [-0.4, -0.2) is 6.61 Å². The van der Waals surface area contributed by atoms with E-state index in [0.29, 0.717) is 13.2 Å². The fourth-order valence-electron chi connectivity index (χ4n) is 2.03. The molecule has 2 aromatic carbocycles. The molecule has 0 amide bonds. The Bertz CT molecular complexity index is 592. The molecule has 0 saturated carbocycles. The summed E-state index contributed by atoms with van der Waals surface area (Å²) in [5, 5.41) is 0. The van der Waals surface area contributed by atoms with Gasteiger partial charge < -0.3 is 9.47 Å². The second-order valence-electron chi connectivity index (χ2n) is 5.77. The first kappa shape index (κ1) is 16.3. The predicted molar refractivity (Wildman–Crippen MR) is 91.2 cm³/mol. The number of benzene rings is 2. The van der Waals surface area contributed by atoms with Gasteiger partial charge >= 0.3 is 0 Å². The van der Waals surface area contributed by atoms with Crippen LogP contribution in [0.25, 0.3) is 0 Å². The summed E-state index contributed by atoms with van der Waals surface area (Å²) in [6.07, 6.45) is 3.00. The molecular formula is C20H24O2. The lowest BCUT2D eigenvalue weighted by molar-refractivity contribution is 0.0627. The van der Waals surface area contributed by atoms with E-state index in [1.165, 1.54) is 0 Å². The van der Waals surface area contributed by atoms with E-state index in [9.17, 15) is 0 Å². The largest absolute Gasteiger partial charge is 0.457 e. The predicted octanol–water partition coefficient (Wildman–Crippen LogP) is 5.60. The molecule has 1 atom stereocenters. The van der Waals surface area contributed by atoms with Gasteiger partial charge in [0.15, 0.2) is 0 Å². The third-order valence-corrected chi connectivity index (χ3v) is 3.88. The highest BCUT2D eigenvalue weighted by molar-refractivity contribution is 5.33. The summed E-state index contributed by atoms with van der Waals surface area (Å²) in [7, 11) is 0. The van der Waals surface area contributed by atoms with Gasteiger partial charge in [0.1, 0.15) is 11.5 Å². The van der Waals surface area contributed by atoms with E-state index < -0.39 is 0 Å². The van der Waals surface area contributed by atoms with Gasteiger partial charge in [-0.05, 0) is 36.2 Å². The van der Waals surface area contributed by atoms with Crippen LogP contribution in [0.1, 0.15) is 25.8 Å². The molecule has 2 rings (SSSR count). The van der Waals surface area contributed by atoms with Crippen molar-refractivity contribution in [1.82, 2.24) is 0 Å². The average molecular weight is 296 g/mol. The summed E-state index contributed by atoms with van der Waals surface area (Å²) in [4.78, 5) is 0. The number of para-hydroxylation sites is 1. The minimum atomic E-state index is 0.0398. The molecule has 0 bridgehead atoms. The van der Waals surface area contributed by atoms with E-state index in [2.05, 4.69) is 26.5 Å². The Labute approximate surface area is 133 Å². The number of hydrogen-bond donors (Lipinski definition) is 0. The van der Waals surface area contributed by atoms with Crippen LogP contribution in [0.2, 0.25) is 0 Å². The maximum Gasteiger partial charge on any atom is 0.127 e. The fraction of sp³-hybridized carbons (Fsp3) is 0.300. The quantitative estimate of drug-likeness (QED) is 0.590. The van der Waals surface area contributed by atoms with Gasteiger partial charge in [-0.1, -0.05) is 50.3 Å². The van der Waals surface area contributed by atoms with Gasteiger partial charge in [-0.2, -0.15) is 0 Å². The lowest BCUT2D eigenvalue weighted by Gasteiger charge is -2.23. The summed E-state index contributed by atoms with van der Waals surface area (Å²) in [5.74, 6) is 1.67. The van der Waals surface area contributed by atoms with E-state index in [4.69, 9.17) is 9.47 Å². The first-order valence-electron chi connectivity index (χ1n) is 7.68. The minimum absolute atomic E-state index is 0.0398. The van der Waals surface area contributed by atoms with Gasteiger partial charge in [0.25, 0.3) is 0 Å². The Morgan fingerprint density at radius 1 is 1.05 bits per heavy atom. The molecule has 2 heteroatoms. The maximum atomic E-state index is 5.85. The molecule has 2 aromatic rings. The summed E-state index contributed by atoms with van der Waals surface area (Å²) >= 11 is 0. The van der Waals surface area contributed by atoms with Crippen LogP contribution in [0.4, 0.5) is 0 Å². The van der Waals surface area contributed by atoms with Crippen molar-refractivity contribution in [2.45, 2.75) is 26.9 Å². The molecule has 1 unspecified atom stereocenters. The standard InChI is InChI=1S/C20H24O2/c1-4-20(3,5-2)16-21-15-17-10-9-13-19(14-17)22-18-11-7-6-8-12-18/h4,6-14H,1,5,15-16H2,2-3H3. The summed E-state index contributed by atoms with van der Waals surface area (Å²) < 4.78 is 11.7. The third-order valence-electron chi connectivity index (χ3n) is 3.88. The van der Waals surface area contributed by atoms with Crippen LogP contribution in [0.3, 0.4) is 0 Å². The molecule has 2 nitrogen and oxygen atoms in total. The second-order valence-corrected chi connectivity index (χ2v) is 5.77. The van der Waals surface area contributed by atoms with Crippen LogP contribution in [0.15, 0.2) is 67.3 Å². The van der Waals surface area contributed by atoms with Gasteiger partial charge in [-0.25, -0.2) is 0 Å². The first-order valence-corrected chi connectivity index (χ1v) is 7.68. The highest BCUT2D eigenvalue weighted by atomic mass is 16.5. The molecule has 0 aromatic heterocycles. The number of rotatable bonds is 8. The van der Waals surface area contributed by atoms with E-state index in [-0.39, 0.29) is 5.41 Å². The summed E-state index contributed by atoms with van der Waals surface area (Å²) in [5.41, 5.74) is 1.15. The molecule has 22 heavy (non-hydrogen) atoms. The van der Waals surface area contributed by atoms with Crippen molar-refractivity contribution in [1.29, 1.82) is 0 Å². The maximum absolute atomic E-state index is 5.85. The van der Waals surface area contributed by atoms with Gasteiger partial charge in [0.2, 0.25) is 0 Å². The number of ether oxygens (including phenoxy) is 2. The van der Waals surface area contributed by atoms with Crippen molar-refractivity contribution in [3.63, 3.8) is 0 Å². The highest BCUT2D eigenvalue weighted by Gasteiger charge is 2.17. The lowest BCUT2D eigenvalue weighted by Crippen LogP contribution is -2.19. The van der Waals surface area contributed by atoms with Crippen LogP contribution in [0, 0.1) is 5.41 Å². The molecule has 116 valence electrons. The van der Waals surface area contributed by atoms with Crippen LogP contribution in [0.5, 0.6) is 11.5 Å². The molecular weight excluding hydrogens is 272 g/mol.